The van der Waals surface area contributed by atoms with Crippen LogP contribution in [0.15, 0.2) is 0 Å². The van der Waals surface area contributed by atoms with Crippen molar-refractivity contribution in [2.24, 2.45) is 16.8 Å². The van der Waals surface area contributed by atoms with E-state index in [1.54, 1.807) is 0 Å². The Balaban J connectivity index is 2.67. The Hall–Kier alpha value is -0.240. The maximum Gasteiger partial charge on any atom is 0.276 e. The highest BCUT2D eigenvalue weighted by molar-refractivity contribution is 7.86. The lowest BCUT2D eigenvalue weighted by Gasteiger charge is -2.29. The minimum absolute atomic E-state index is 0.0259. The fraction of sp³-hybridized carbons (Fsp3) is 0.833. The van der Waals surface area contributed by atoms with Gasteiger partial charge >= 0.3 is 0 Å². The first-order valence-electron chi connectivity index (χ1n) is 3.98. The van der Waals surface area contributed by atoms with E-state index in [0.717, 1.165) is 12.8 Å². The van der Waals surface area contributed by atoms with Crippen molar-refractivity contribution in [2.45, 2.75) is 12.8 Å². The van der Waals surface area contributed by atoms with Crippen LogP contribution in [0, 0.1) is 5.92 Å². The normalized spacial score (nSPS) is 25.8. The average molecular weight is 223 g/mol. The van der Waals surface area contributed by atoms with E-state index in [-0.39, 0.29) is 5.92 Å². The van der Waals surface area contributed by atoms with E-state index in [0.29, 0.717) is 18.1 Å². The van der Waals surface area contributed by atoms with Crippen molar-refractivity contribution in [2.75, 3.05) is 13.1 Å². The van der Waals surface area contributed by atoms with Crippen LogP contribution in [0.3, 0.4) is 0 Å². The van der Waals surface area contributed by atoms with E-state index in [9.17, 15) is 8.42 Å². The molecule has 0 amide bonds. The Labute approximate surface area is 83.3 Å². The Bertz CT molecular complexity index is 301. The molecular formula is C6H13N3O2S2. The van der Waals surface area contributed by atoms with E-state index < -0.39 is 10.2 Å². The van der Waals surface area contributed by atoms with Crippen LogP contribution in [-0.2, 0) is 10.2 Å². The minimum atomic E-state index is -3.57. The third-order valence-corrected chi connectivity index (χ3v) is 3.53. The van der Waals surface area contributed by atoms with Crippen molar-refractivity contribution >= 4 is 27.4 Å². The quantitative estimate of drug-likeness (QED) is 0.599. The van der Waals surface area contributed by atoms with E-state index in [4.69, 9.17) is 23.1 Å². The van der Waals surface area contributed by atoms with Crippen molar-refractivity contribution in [3.05, 3.63) is 0 Å². The highest BCUT2D eigenvalue weighted by Crippen LogP contribution is 2.17. The van der Waals surface area contributed by atoms with Crippen LogP contribution in [0.5, 0.6) is 0 Å². The molecule has 1 fully saturated rings. The molecule has 5 nitrogen and oxygen atoms in total. The Morgan fingerprint density at radius 3 is 2.62 bits per heavy atom. The predicted octanol–water partition coefficient (Wildman–Crippen LogP) is -0.812. The summed E-state index contributed by atoms with van der Waals surface area (Å²) in [7, 11) is -3.57. The molecule has 0 radical (unpaired) electrons. The number of rotatable bonds is 2. The van der Waals surface area contributed by atoms with Gasteiger partial charge < -0.3 is 5.73 Å². The van der Waals surface area contributed by atoms with Gasteiger partial charge in [-0.15, -0.1) is 0 Å². The highest BCUT2D eigenvalue weighted by atomic mass is 32.2. The maximum absolute atomic E-state index is 11.0. The molecule has 0 aliphatic carbocycles. The van der Waals surface area contributed by atoms with Gasteiger partial charge in [0.05, 0.1) is 4.99 Å². The van der Waals surface area contributed by atoms with E-state index in [2.05, 4.69) is 0 Å². The number of hydrogen-bond acceptors (Lipinski definition) is 3. The van der Waals surface area contributed by atoms with Crippen molar-refractivity contribution in [3.63, 3.8) is 0 Å². The molecule has 76 valence electrons. The number of nitrogens with two attached hydrogens (primary N) is 2. The number of piperidine rings is 1. The molecule has 0 bridgehead atoms. The van der Waals surface area contributed by atoms with Crippen molar-refractivity contribution in [3.8, 4) is 0 Å². The molecule has 1 rings (SSSR count). The van der Waals surface area contributed by atoms with E-state index in [1.807, 2.05) is 0 Å². The first-order valence-corrected chi connectivity index (χ1v) is 5.89. The largest absolute Gasteiger partial charge is 0.393 e. The number of thiocarbonyl (C=S) groups is 1. The fourth-order valence-electron chi connectivity index (χ4n) is 1.41. The smallest absolute Gasteiger partial charge is 0.276 e. The van der Waals surface area contributed by atoms with E-state index >= 15 is 0 Å². The summed E-state index contributed by atoms with van der Waals surface area (Å²) in [6.45, 7) is 0.798. The van der Waals surface area contributed by atoms with Crippen molar-refractivity contribution < 1.29 is 8.42 Å². The van der Waals surface area contributed by atoms with Crippen LogP contribution >= 0.6 is 12.2 Å². The minimum Gasteiger partial charge on any atom is -0.393 e. The van der Waals surface area contributed by atoms with Gasteiger partial charge in [0.15, 0.2) is 0 Å². The molecule has 0 aromatic carbocycles. The lowest BCUT2D eigenvalue weighted by molar-refractivity contribution is 0.313. The zero-order valence-corrected chi connectivity index (χ0v) is 8.77. The fourth-order valence-corrected chi connectivity index (χ4v) is 2.37. The topological polar surface area (TPSA) is 89.4 Å². The summed E-state index contributed by atoms with van der Waals surface area (Å²) >= 11 is 4.81. The summed E-state index contributed by atoms with van der Waals surface area (Å²) in [6, 6.07) is 0. The van der Waals surface area contributed by atoms with Gasteiger partial charge in [-0.1, -0.05) is 12.2 Å². The standard InChI is InChI=1S/C6H13N3O2S2/c7-6(12)5-2-1-3-9(4-5)13(8,10)11/h5H,1-4H2,(H2,7,12)(H2,8,10,11). The third kappa shape index (κ3) is 2.87. The molecule has 1 heterocycles. The average Bonchev–Trinajstić information content (AvgIpc) is 2.03. The molecule has 1 saturated heterocycles. The number of nitrogens with zero attached hydrogens (tertiary/aromatic N) is 1. The summed E-state index contributed by atoms with van der Waals surface area (Å²) < 4.78 is 23.2. The molecular weight excluding hydrogens is 210 g/mol. The zero-order valence-electron chi connectivity index (χ0n) is 7.14. The molecule has 1 atom stereocenters. The van der Waals surface area contributed by atoms with E-state index in [1.165, 1.54) is 4.31 Å². The highest BCUT2D eigenvalue weighted by Gasteiger charge is 2.27. The molecule has 0 aromatic heterocycles. The number of hydrogen-bond donors (Lipinski definition) is 2. The van der Waals surface area contributed by atoms with Gasteiger partial charge in [0.2, 0.25) is 0 Å². The van der Waals surface area contributed by atoms with Gasteiger partial charge in [0.1, 0.15) is 0 Å². The van der Waals surface area contributed by atoms with Gasteiger partial charge in [0.25, 0.3) is 10.2 Å². The van der Waals surface area contributed by atoms with Gasteiger partial charge in [0, 0.05) is 19.0 Å². The first-order chi connectivity index (χ1) is 5.91. The van der Waals surface area contributed by atoms with Crippen LogP contribution in [0.25, 0.3) is 0 Å². The monoisotopic (exact) mass is 223 g/mol. The first kappa shape index (κ1) is 10.8. The molecule has 1 aliphatic heterocycles. The molecule has 0 saturated carbocycles. The molecule has 13 heavy (non-hydrogen) atoms. The SMILES string of the molecule is NC(=S)C1CCCN(S(N)(=O)=O)C1. The Morgan fingerprint density at radius 1 is 1.54 bits per heavy atom. The molecule has 7 heteroatoms. The second-order valence-corrected chi connectivity index (χ2v) is 5.16. The van der Waals surface area contributed by atoms with Crippen LogP contribution in [0.1, 0.15) is 12.8 Å². The third-order valence-electron chi connectivity index (χ3n) is 2.15. The second kappa shape index (κ2) is 3.87. The molecule has 4 N–H and O–H groups in total. The van der Waals surface area contributed by atoms with Crippen LogP contribution in [-0.4, -0.2) is 30.8 Å². The van der Waals surface area contributed by atoms with Crippen LogP contribution in [0.2, 0.25) is 0 Å². The van der Waals surface area contributed by atoms with Gasteiger partial charge in [-0.2, -0.15) is 12.7 Å². The summed E-state index contributed by atoms with van der Waals surface area (Å²) in [4.78, 5) is 0.369. The van der Waals surface area contributed by atoms with Crippen LogP contribution < -0.4 is 10.9 Å². The van der Waals surface area contributed by atoms with Gasteiger partial charge in [-0.05, 0) is 12.8 Å². The molecule has 0 spiro atoms. The van der Waals surface area contributed by atoms with Gasteiger partial charge in [-0.3, -0.25) is 0 Å². The predicted molar refractivity (Wildman–Crippen MR) is 54.2 cm³/mol. The molecule has 1 unspecified atom stereocenters. The molecule has 0 aromatic rings. The summed E-state index contributed by atoms with van der Waals surface area (Å²) in [5, 5.41) is 4.99. The Morgan fingerprint density at radius 2 is 2.15 bits per heavy atom. The van der Waals surface area contributed by atoms with Crippen LogP contribution in [0.4, 0.5) is 0 Å². The zero-order chi connectivity index (χ0) is 10.1. The summed E-state index contributed by atoms with van der Waals surface area (Å²) in [5.74, 6) is -0.0259. The lowest BCUT2D eigenvalue weighted by atomic mass is 10.0. The van der Waals surface area contributed by atoms with Crippen molar-refractivity contribution in [1.29, 1.82) is 0 Å². The summed E-state index contributed by atoms with van der Waals surface area (Å²) in [5.41, 5.74) is 5.44. The maximum atomic E-state index is 11.0. The lowest BCUT2D eigenvalue weighted by Crippen LogP contribution is -2.46. The van der Waals surface area contributed by atoms with Gasteiger partial charge in [-0.25, -0.2) is 5.14 Å². The second-order valence-electron chi connectivity index (χ2n) is 3.14. The molecule has 1 aliphatic rings. The summed E-state index contributed by atoms with van der Waals surface area (Å²) in [6.07, 6.45) is 1.61. The Kier molecular flexibility index (Phi) is 3.23. The van der Waals surface area contributed by atoms with Crippen molar-refractivity contribution in [1.82, 2.24) is 4.31 Å².